The molecule has 0 atom stereocenters. The van der Waals surface area contributed by atoms with Gasteiger partial charge in [-0.05, 0) is 30.6 Å². The molecule has 4 heteroatoms. The number of carbonyl (C=O) groups is 1. The van der Waals surface area contributed by atoms with Crippen LogP contribution in [0.5, 0.6) is 0 Å². The molecule has 2 N–H and O–H groups in total. The highest BCUT2D eigenvalue weighted by Crippen LogP contribution is 2.39. The van der Waals surface area contributed by atoms with Gasteiger partial charge in [0.1, 0.15) is 0 Å². The van der Waals surface area contributed by atoms with E-state index in [4.69, 9.17) is 5.73 Å². The third-order valence-corrected chi connectivity index (χ3v) is 4.49. The predicted molar refractivity (Wildman–Crippen MR) is 72.9 cm³/mol. The first-order valence-electron chi connectivity index (χ1n) is 7.25. The van der Waals surface area contributed by atoms with Crippen molar-refractivity contribution in [2.45, 2.75) is 39.5 Å². The summed E-state index contributed by atoms with van der Waals surface area (Å²) in [5.41, 5.74) is 6.11. The molecule has 0 aromatic carbocycles. The van der Waals surface area contributed by atoms with Gasteiger partial charge in [-0.25, -0.2) is 0 Å². The van der Waals surface area contributed by atoms with Crippen LogP contribution in [0.1, 0.15) is 39.5 Å². The Balaban J connectivity index is 1.72. The normalized spacial score (nSPS) is 23.4. The average molecular weight is 253 g/mol. The van der Waals surface area contributed by atoms with Crippen LogP contribution >= 0.6 is 0 Å². The maximum absolute atomic E-state index is 12.0. The molecule has 2 saturated heterocycles. The van der Waals surface area contributed by atoms with E-state index in [9.17, 15) is 4.79 Å². The summed E-state index contributed by atoms with van der Waals surface area (Å²) in [5.74, 6) is 0.975. The lowest BCUT2D eigenvalue weighted by Gasteiger charge is -2.53. The van der Waals surface area contributed by atoms with Crippen molar-refractivity contribution in [3.8, 4) is 0 Å². The molecule has 1 amide bonds. The Bertz CT molecular complexity index is 287. The molecule has 4 nitrogen and oxygen atoms in total. The van der Waals surface area contributed by atoms with Gasteiger partial charge in [-0.3, -0.25) is 9.69 Å². The van der Waals surface area contributed by atoms with Crippen molar-refractivity contribution in [1.29, 1.82) is 0 Å². The number of amides is 1. The summed E-state index contributed by atoms with van der Waals surface area (Å²) in [7, 11) is 0. The van der Waals surface area contributed by atoms with Crippen molar-refractivity contribution in [3.63, 3.8) is 0 Å². The van der Waals surface area contributed by atoms with E-state index in [1.165, 1.54) is 0 Å². The van der Waals surface area contributed by atoms with E-state index < -0.39 is 0 Å². The average Bonchev–Trinajstić information content (AvgIpc) is 2.33. The van der Waals surface area contributed by atoms with Crippen LogP contribution in [0.25, 0.3) is 0 Å². The van der Waals surface area contributed by atoms with Crippen molar-refractivity contribution in [2.75, 3.05) is 32.8 Å². The highest BCUT2D eigenvalue weighted by molar-refractivity contribution is 5.76. The molecule has 18 heavy (non-hydrogen) atoms. The van der Waals surface area contributed by atoms with Crippen LogP contribution in [0.2, 0.25) is 0 Å². The molecule has 104 valence electrons. The van der Waals surface area contributed by atoms with Crippen LogP contribution in [0.15, 0.2) is 0 Å². The standard InChI is InChI=1S/C14H27N3O/c1-12(2)3-4-13(18)17-7-5-14(6-8-17)9-16(10-14)11-15/h12H,3-11,15H2,1-2H3. The van der Waals surface area contributed by atoms with Crippen molar-refractivity contribution < 1.29 is 4.79 Å². The van der Waals surface area contributed by atoms with Crippen LogP contribution in [0.3, 0.4) is 0 Å². The van der Waals surface area contributed by atoms with E-state index in [0.29, 0.717) is 23.9 Å². The number of hydrogen-bond donors (Lipinski definition) is 1. The minimum Gasteiger partial charge on any atom is -0.343 e. The number of nitrogens with zero attached hydrogens (tertiary/aromatic N) is 2. The first-order chi connectivity index (χ1) is 8.54. The Morgan fingerprint density at radius 3 is 2.39 bits per heavy atom. The van der Waals surface area contributed by atoms with Gasteiger partial charge in [0, 0.05) is 39.3 Å². The van der Waals surface area contributed by atoms with Gasteiger partial charge >= 0.3 is 0 Å². The van der Waals surface area contributed by atoms with Crippen molar-refractivity contribution >= 4 is 5.91 Å². The van der Waals surface area contributed by atoms with Crippen LogP contribution < -0.4 is 5.73 Å². The smallest absolute Gasteiger partial charge is 0.222 e. The summed E-state index contributed by atoms with van der Waals surface area (Å²) in [6.45, 7) is 9.21. The van der Waals surface area contributed by atoms with Gasteiger partial charge in [0.25, 0.3) is 0 Å². The second-order valence-electron chi connectivity index (χ2n) is 6.48. The topological polar surface area (TPSA) is 49.6 Å². The number of piperidine rings is 1. The molecule has 0 unspecified atom stereocenters. The van der Waals surface area contributed by atoms with Crippen LogP contribution in [-0.2, 0) is 4.79 Å². The van der Waals surface area contributed by atoms with Gasteiger partial charge in [0.05, 0.1) is 0 Å². The predicted octanol–water partition coefficient (Wildman–Crippen LogP) is 1.26. The van der Waals surface area contributed by atoms with E-state index in [1.807, 2.05) is 0 Å². The van der Waals surface area contributed by atoms with Gasteiger partial charge in [0.15, 0.2) is 0 Å². The van der Waals surface area contributed by atoms with Crippen LogP contribution in [-0.4, -0.2) is 48.6 Å². The number of rotatable bonds is 4. The minimum absolute atomic E-state index is 0.355. The summed E-state index contributed by atoms with van der Waals surface area (Å²) >= 11 is 0. The molecular weight excluding hydrogens is 226 g/mol. The number of nitrogens with two attached hydrogens (primary N) is 1. The second-order valence-corrected chi connectivity index (χ2v) is 6.48. The number of likely N-dealkylation sites (tertiary alicyclic amines) is 2. The largest absolute Gasteiger partial charge is 0.343 e. The van der Waals surface area contributed by atoms with Crippen LogP contribution in [0.4, 0.5) is 0 Å². The fourth-order valence-electron chi connectivity index (χ4n) is 3.15. The van der Waals surface area contributed by atoms with Crippen molar-refractivity contribution in [1.82, 2.24) is 9.80 Å². The second kappa shape index (κ2) is 5.57. The minimum atomic E-state index is 0.355. The Labute approximate surface area is 110 Å². The molecule has 2 fully saturated rings. The van der Waals surface area contributed by atoms with Crippen molar-refractivity contribution in [2.24, 2.45) is 17.1 Å². The Hall–Kier alpha value is -0.610. The third-order valence-electron chi connectivity index (χ3n) is 4.49. The van der Waals surface area contributed by atoms with E-state index in [-0.39, 0.29) is 0 Å². The Kier molecular flexibility index (Phi) is 4.28. The molecule has 0 saturated carbocycles. The van der Waals surface area contributed by atoms with Gasteiger partial charge in [-0.2, -0.15) is 0 Å². The van der Waals surface area contributed by atoms with Gasteiger partial charge in [-0.15, -0.1) is 0 Å². The zero-order valence-corrected chi connectivity index (χ0v) is 11.8. The zero-order valence-electron chi connectivity index (χ0n) is 11.8. The van der Waals surface area contributed by atoms with E-state index in [0.717, 1.165) is 51.9 Å². The van der Waals surface area contributed by atoms with E-state index in [1.54, 1.807) is 0 Å². The summed E-state index contributed by atoms with van der Waals surface area (Å²) < 4.78 is 0. The third kappa shape index (κ3) is 3.04. The molecule has 2 aliphatic heterocycles. The summed E-state index contributed by atoms with van der Waals surface area (Å²) in [4.78, 5) is 16.4. The molecular formula is C14H27N3O. The van der Waals surface area contributed by atoms with Gasteiger partial charge < -0.3 is 10.6 Å². The maximum Gasteiger partial charge on any atom is 0.222 e. The fourth-order valence-corrected chi connectivity index (χ4v) is 3.15. The lowest BCUT2D eigenvalue weighted by molar-refractivity contribution is -0.136. The molecule has 0 bridgehead atoms. The molecule has 2 rings (SSSR count). The summed E-state index contributed by atoms with van der Waals surface area (Å²) in [6.07, 6.45) is 4.06. The Morgan fingerprint density at radius 1 is 1.28 bits per heavy atom. The van der Waals surface area contributed by atoms with E-state index >= 15 is 0 Å². The molecule has 0 aliphatic carbocycles. The van der Waals surface area contributed by atoms with E-state index in [2.05, 4.69) is 23.6 Å². The first kappa shape index (κ1) is 13.8. The zero-order chi connectivity index (χ0) is 13.2. The fraction of sp³-hybridized carbons (Fsp3) is 0.929. The quantitative estimate of drug-likeness (QED) is 0.820. The Morgan fingerprint density at radius 2 is 1.89 bits per heavy atom. The highest BCUT2D eigenvalue weighted by Gasteiger charge is 2.44. The molecule has 0 aromatic heterocycles. The summed E-state index contributed by atoms with van der Waals surface area (Å²) in [6, 6.07) is 0. The molecule has 1 spiro atoms. The lowest BCUT2D eigenvalue weighted by atomic mass is 9.72. The monoisotopic (exact) mass is 253 g/mol. The highest BCUT2D eigenvalue weighted by atomic mass is 16.2. The lowest BCUT2D eigenvalue weighted by Crippen LogP contribution is -2.61. The van der Waals surface area contributed by atoms with Gasteiger partial charge in [-0.1, -0.05) is 13.8 Å². The molecule has 0 radical (unpaired) electrons. The van der Waals surface area contributed by atoms with Crippen molar-refractivity contribution in [3.05, 3.63) is 0 Å². The first-order valence-corrected chi connectivity index (χ1v) is 7.25. The molecule has 2 heterocycles. The molecule has 0 aromatic rings. The molecule has 2 aliphatic rings. The summed E-state index contributed by atoms with van der Waals surface area (Å²) in [5, 5.41) is 0. The number of hydrogen-bond acceptors (Lipinski definition) is 3. The maximum atomic E-state index is 12.0. The van der Waals surface area contributed by atoms with Crippen LogP contribution in [0, 0.1) is 11.3 Å². The van der Waals surface area contributed by atoms with Gasteiger partial charge in [0.2, 0.25) is 5.91 Å². The number of carbonyl (C=O) groups excluding carboxylic acids is 1. The SMILES string of the molecule is CC(C)CCC(=O)N1CCC2(CC1)CN(CN)C2.